The van der Waals surface area contributed by atoms with Gasteiger partial charge in [-0.2, -0.15) is 18.2 Å². The van der Waals surface area contributed by atoms with Gasteiger partial charge in [0.15, 0.2) is 0 Å². The number of alkyl halides is 5. The Morgan fingerprint density at radius 2 is 1.83 bits per heavy atom. The number of aromatic nitrogens is 3. The summed E-state index contributed by atoms with van der Waals surface area (Å²) in [6.07, 6.45) is -2.41. The molecule has 0 unspecified atom stereocenters. The van der Waals surface area contributed by atoms with Crippen molar-refractivity contribution in [1.29, 1.82) is 0 Å². The molecular formula is C14H12F5N5. The zero-order valence-corrected chi connectivity index (χ0v) is 12.2. The molecule has 1 fully saturated rings. The smallest absolute Gasteiger partial charge is 0.335 e. The van der Waals surface area contributed by atoms with Gasteiger partial charge in [-0.05, 0) is 18.2 Å². The highest BCUT2D eigenvalue weighted by Gasteiger charge is 2.39. The van der Waals surface area contributed by atoms with Crippen LogP contribution in [0.25, 0.3) is 0 Å². The van der Waals surface area contributed by atoms with Crippen LogP contribution in [0.3, 0.4) is 0 Å². The molecule has 0 amide bonds. The maximum atomic E-state index is 13.3. The average molecular weight is 345 g/mol. The van der Waals surface area contributed by atoms with E-state index in [9.17, 15) is 22.0 Å². The van der Waals surface area contributed by atoms with E-state index in [-0.39, 0.29) is 30.5 Å². The lowest BCUT2D eigenvalue weighted by molar-refractivity contribution is -0.137. The number of halogens is 5. The van der Waals surface area contributed by atoms with Crippen LogP contribution in [0.4, 0.5) is 39.5 Å². The summed E-state index contributed by atoms with van der Waals surface area (Å²) in [6.45, 7) is -0.378. The second kappa shape index (κ2) is 5.84. The lowest BCUT2D eigenvalue weighted by atomic mass is 10.2. The lowest BCUT2D eigenvalue weighted by Crippen LogP contribution is -2.26. The Balaban J connectivity index is 1.78. The molecule has 0 saturated carbocycles. The molecule has 0 spiro atoms. The molecule has 1 aliphatic rings. The predicted octanol–water partition coefficient (Wildman–Crippen LogP) is 3.48. The molecule has 2 aromatic heterocycles. The third-order valence-corrected chi connectivity index (χ3v) is 3.44. The van der Waals surface area contributed by atoms with Crippen molar-refractivity contribution >= 4 is 17.6 Å². The van der Waals surface area contributed by atoms with Gasteiger partial charge in [-0.25, -0.2) is 18.7 Å². The number of anilines is 3. The maximum absolute atomic E-state index is 13.3. The van der Waals surface area contributed by atoms with Crippen molar-refractivity contribution in [3.63, 3.8) is 0 Å². The first-order chi connectivity index (χ1) is 11.2. The minimum Gasteiger partial charge on any atom is -0.335 e. The molecule has 5 nitrogen and oxygen atoms in total. The monoisotopic (exact) mass is 345 g/mol. The van der Waals surface area contributed by atoms with Crippen LogP contribution in [0, 0.1) is 0 Å². The summed E-state index contributed by atoms with van der Waals surface area (Å²) < 4.78 is 64.6. The Morgan fingerprint density at radius 1 is 1.08 bits per heavy atom. The Kier molecular flexibility index (Phi) is 3.98. The number of pyridine rings is 1. The fourth-order valence-electron chi connectivity index (χ4n) is 2.28. The molecular weight excluding hydrogens is 333 g/mol. The Labute approximate surface area is 133 Å². The van der Waals surface area contributed by atoms with Crippen LogP contribution in [0.5, 0.6) is 0 Å². The average Bonchev–Trinajstić information content (AvgIpc) is 2.87. The fourth-order valence-corrected chi connectivity index (χ4v) is 2.28. The number of nitrogens with zero attached hydrogens (tertiary/aromatic N) is 4. The van der Waals surface area contributed by atoms with Crippen LogP contribution in [-0.4, -0.2) is 34.0 Å². The normalized spacial score (nSPS) is 17.1. The Hall–Kier alpha value is -2.52. The van der Waals surface area contributed by atoms with Crippen molar-refractivity contribution in [3.05, 3.63) is 36.2 Å². The zero-order chi connectivity index (χ0) is 17.4. The predicted molar refractivity (Wildman–Crippen MR) is 76.3 cm³/mol. The first-order valence-electron chi connectivity index (χ1n) is 6.99. The van der Waals surface area contributed by atoms with Gasteiger partial charge in [0.1, 0.15) is 11.6 Å². The van der Waals surface area contributed by atoms with Crippen molar-refractivity contribution in [2.75, 3.05) is 23.3 Å². The molecule has 0 radical (unpaired) electrons. The van der Waals surface area contributed by atoms with E-state index in [0.29, 0.717) is 0 Å². The molecule has 3 heterocycles. The van der Waals surface area contributed by atoms with E-state index in [0.717, 1.165) is 18.3 Å². The van der Waals surface area contributed by atoms with Gasteiger partial charge in [0.2, 0.25) is 5.95 Å². The highest BCUT2D eigenvalue weighted by atomic mass is 19.4. The molecule has 0 aromatic carbocycles. The Bertz CT molecular complexity index is 733. The van der Waals surface area contributed by atoms with E-state index < -0.39 is 24.2 Å². The molecule has 3 rings (SSSR count). The molecule has 1 saturated heterocycles. The molecule has 2 aromatic rings. The van der Waals surface area contributed by atoms with Gasteiger partial charge >= 0.3 is 6.18 Å². The van der Waals surface area contributed by atoms with Gasteiger partial charge in [0.05, 0.1) is 12.1 Å². The molecule has 1 N–H and O–H groups in total. The summed E-state index contributed by atoms with van der Waals surface area (Å²) in [6, 6.07) is 3.11. The SMILES string of the molecule is FC1(F)CCN(c2nccc(Nc3cc(C(F)(F)F)ccn3)n2)C1. The third kappa shape index (κ3) is 3.69. The number of hydrogen-bond acceptors (Lipinski definition) is 5. The number of rotatable bonds is 3. The fraction of sp³-hybridized carbons (Fsp3) is 0.357. The van der Waals surface area contributed by atoms with Crippen LogP contribution < -0.4 is 10.2 Å². The summed E-state index contributed by atoms with van der Waals surface area (Å²) in [7, 11) is 0. The molecule has 0 bridgehead atoms. The third-order valence-electron chi connectivity index (χ3n) is 3.44. The lowest BCUT2D eigenvalue weighted by Gasteiger charge is -2.16. The van der Waals surface area contributed by atoms with Crippen LogP contribution in [0.2, 0.25) is 0 Å². The van der Waals surface area contributed by atoms with Crippen molar-refractivity contribution in [2.24, 2.45) is 0 Å². The number of nitrogens with one attached hydrogen (secondary N) is 1. The molecule has 128 valence electrons. The molecule has 0 atom stereocenters. The Morgan fingerprint density at radius 3 is 2.50 bits per heavy atom. The van der Waals surface area contributed by atoms with E-state index in [4.69, 9.17) is 0 Å². The van der Waals surface area contributed by atoms with E-state index >= 15 is 0 Å². The van der Waals surface area contributed by atoms with Crippen LogP contribution >= 0.6 is 0 Å². The van der Waals surface area contributed by atoms with Crippen molar-refractivity contribution in [1.82, 2.24) is 15.0 Å². The van der Waals surface area contributed by atoms with Gasteiger partial charge in [0, 0.05) is 25.4 Å². The van der Waals surface area contributed by atoms with Crippen molar-refractivity contribution in [3.8, 4) is 0 Å². The highest BCUT2D eigenvalue weighted by Crippen LogP contribution is 2.31. The van der Waals surface area contributed by atoms with Gasteiger partial charge in [-0.3, -0.25) is 0 Å². The van der Waals surface area contributed by atoms with Gasteiger partial charge < -0.3 is 10.2 Å². The van der Waals surface area contributed by atoms with Crippen LogP contribution in [-0.2, 0) is 6.18 Å². The van der Waals surface area contributed by atoms with Crippen LogP contribution in [0.1, 0.15) is 12.0 Å². The minimum absolute atomic E-state index is 0.0544. The summed E-state index contributed by atoms with van der Waals surface area (Å²) in [4.78, 5) is 13.1. The zero-order valence-electron chi connectivity index (χ0n) is 12.2. The molecule has 1 aliphatic heterocycles. The highest BCUT2D eigenvalue weighted by molar-refractivity contribution is 5.54. The van der Waals surface area contributed by atoms with E-state index in [1.165, 1.54) is 17.2 Å². The van der Waals surface area contributed by atoms with Gasteiger partial charge in [0.25, 0.3) is 5.92 Å². The molecule has 0 aliphatic carbocycles. The summed E-state index contributed by atoms with van der Waals surface area (Å²) in [5.74, 6) is -2.59. The second-order valence-corrected chi connectivity index (χ2v) is 5.32. The largest absolute Gasteiger partial charge is 0.416 e. The quantitative estimate of drug-likeness (QED) is 0.863. The first-order valence-corrected chi connectivity index (χ1v) is 6.99. The van der Waals surface area contributed by atoms with E-state index in [1.54, 1.807) is 0 Å². The maximum Gasteiger partial charge on any atom is 0.416 e. The van der Waals surface area contributed by atoms with Gasteiger partial charge in [-0.1, -0.05) is 0 Å². The van der Waals surface area contributed by atoms with Crippen molar-refractivity contribution < 1.29 is 22.0 Å². The summed E-state index contributed by atoms with van der Waals surface area (Å²) in [5.41, 5.74) is -0.853. The summed E-state index contributed by atoms with van der Waals surface area (Å²) in [5, 5.41) is 2.62. The second-order valence-electron chi connectivity index (χ2n) is 5.32. The van der Waals surface area contributed by atoms with Crippen LogP contribution in [0.15, 0.2) is 30.6 Å². The topological polar surface area (TPSA) is 53.9 Å². The van der Waals surface area contributed by atoms with Crippen molar-refractivity contribution in [2.45, 2.75) is 18.5 Å². The van der Waals surface area contributed by atoms with Gasteiger partial charge in [-0.15, -0.1) is 0 Å². The van der Waals surface area contributed by atoms with E-state index in [2.05, 4.69) is 20.3 Å². The number of hydrogen-bond donors (Lipinski definition) is 1. The summed E-state index contributed by atoms with van der Waals surface area (Å²) >= 11 is 0. The molecule has 24 heavy (non-hydrogen) atoms. The van der Waals surface area contributed by atoms with E-state index in [1.807, 2.05) is 0 Å². The first kappa shape index (κ1) is 16.3. The standard InChI is InChI=1S/C14H12F5N5/c15-13(16)3-6-24(8-13)12-21-5-2-10(23-12)22-11-7-9(1-4-20-11)14(17,18)19/h1-2,4-5,7H,3,6,8H2,(H,20,21,22,23). The minimum atomic E-state index is -4.49. The molecule has 10 heteroatoms.